The lowest BCUT2D eigenvalue weighted by Crippen LogP contribution is -2.29. The molecule has 0 radical (unpaired) electrons. The lowest BCUT2D eigenvalue weighted by molar-refractivity contribution is -0.121. The molecule has 2 N–H and O–H groups in total. The third-order valence-corrected chi connectivity index (χ3v) is 3.06. The summed E-state index contributed by atoms with van der Waals surface area (Å²) >= 11 is 0. The molecule has 0 rings (SSSR count). The first-order valence-electron chi connectivity index (χ1n) is 5.26. The van der Waals surface area contributed by atoms with Crippen LogP contribution in [0.1, 0.15) is 47.5 Å². The second-order valence-electron chi connectivity index (χ2n) is 4.71. The molecule has 0 aliphatic carbocycles. The van der Waals surface area contributed by atoms with E-state index < -0.39 is 0 Å². The summed E-state index contributed by atoms with van der Waals surface area (Å²) in [5.74, 6) is -0.308. The first-order chi connectivity index (χ1) is 6.34. The van der Waals surface area contributed by atoms with E-state index in [4.69, 9.17) is 5.73 Å². The average Bonchev–Trinajstić information content (AvgIpc) is 2.13. The number of carbonyl (C=O) groups excluding carboxylic acids is 1. The maximum Gasteiger partial charge on any atom is 0.224 e. The van der Waals surface area contributed by atoms with Gasteiger partial charge in [0.25, 0.3) is 0 Å². The summed E-state index contributed by atoms with van der Waals surface area (Å²) < 4.78 is 0. The van der Waals surface area contributed by atoms with Gasteiger partial charge in [0.1, 0.15) is 0 Å². The largest absolute Gasteiger partial charge is 0.369 e. The number of nitrogens with two attached hydrogens (primary N) is 1. The van der Waals surface area contributed by atoms with Crippen molar-refractivity contribution in [3.05, 3.63) is 11.6 Å². The smallest absolute Gasteiger partial charge is 0.224 e. The van der Waals surface area contributed by atoms with E-state index in [-0.39, 0.29) is 17.2 Å². The zero-order valence-electron chi connectivity index (χ0n) is 10.1. The fourth-order valence-corrected chi connectivity index (χ4v) is 1.38. The number of primary amides is 1. The number of amides is 1. The van der Waals surface area contributed by atoms with Crippen molar-refractivity contribution in [1.82, 2.24) is 0 Å². The molecule has 0 fully saturated rings. The Hall–Kier alpha value is -0.790. The maximum absolute atomic E-state index is 11.3. The zero-order chi connectivity index (χ0) is 11.4. The molecule has 1 unspecified atom stereocenters. The van der Waals surface area contributed by atoms with Gasteiger partial charge in [-0.1, -0.05) is 38.8 Å². The molecule has 0 aromatic heterocycles. The van der Waals surface area contributed by atoms with Crippen LogP contribution in [0.25, 0.3) is 0 Å². The van der Waals surface area contributed by atoms with Crippen LogP contribution in [-0.2, 0) is 4.79 Å². The summed E-state index contributed by atoms with van der Waals surface area (Å²) in [5, 5.41) is 0. The van der Waals surface area contributed by atoms with Crippen LogP contribution in [0.5, 0.6) is 0 Å². The molecule has 0 bridgehead atoms. The quantitative estimate of drug-likeness (QED) is 0.677. The van der Waals surface area contributed by atoms with Crippen LogP contribution < -0.4 is 5.73 Å². The van der Waals surface area contributed by atoms with Gasteiger partial charge in [-0.3, -0.25) is 4.79 Å². The number of allylic oxidation sites excluding steroid dienone is 1. The lowest BCUT2D eigenvalue weighted by Gasteiger charge is -2.27. The van der Waals surface area contributed by atoms with E-state index in [0.717, 1.165) is 18.4 Å². The molecule has 1 atom stereocenters. The third kappa shape index (κ3) is 3.95. The predicted molar refractivity (Wildman–Crippen MR) is 60.8 cm³/mol. The van der Waals surface area contributed by atoms with E-state index in [1.807, 2.05) is 19.9 Å². The second kappa shape index (κ2) is 5.18. The Morgan fingerprint density at radius 3 is 2.29 bits per heavy atom. The molecular weight excluding hydrogens is 174 g/mol. The van der Waals surface area contributed by atoms with Gasteiger partial charge < -0.3 is 5.73 Å². The van der Waals surface area contributed by atoms with Gasteiger partial charge in [0.15, 0.2) is 0 Å². The van der Waals surface area contributed by atoms with E-state index in [1.54, 1.807) is 0 Å². The number of hydrogen-bond acceptors (Lipinski definition) is 1. The minimum atomic E-state index is -0.206. The van der Waals surface area contributed by atoms with Gasteiger partial charge in [0, 0.05) is 0 Å². The SMILES string of the molecule is C/C=C(\C)C(CC(C)(C)CC)C(N)=O. The lowest BCUT2D eigenvalue weighted by atomic mass is 9.78. The van der Waals surface area contributed by atoms with Gasteiger partial charge in [0.05, 0.1) is 5.92 Å². The molecule has 14 heavy (non-hydrogen) atoms. The topological polar surface area (TPSA) is 43.1 Å². The molecule has 82 valence electrons. The Balaban J connectivity index is 4.63. The fraction of sp³-hybridized carbons (Fsp3) is 0.750. The Bertz CT molecular complexity index is 228. The van der Waals surface area contributed by atoms with Crippen LogP contribution in [-0.4, -0.2) is 5.91 Å². The zero-order valence-corrected chi connectivity index (χ0v) is 10.1. The average molecular weight is 197 g/mol. The Labute approximate surface area is 87.6 Å². The highest BCUT2D eigenvalue weighted by atomic mass is 16.1. The first-order valence-corrected chi connectivity index (χ1v) is 5.26. The van der Waals surface area contributed by atoms with E-state index in [2.05, 4.69) is 20.8 Å². The van der Waals surface area contributed by atoms with Crippen LogP contribution in [0.3, 0.4) is 0 Å². The van der Waals surface area contributed by atoms with E-state index in [9.17, 15) is 4.79 Å². The monoisotopic (exact) mass is 197 g/mol. The predicted octanol–water partition coefficient (Wildman–Crippen LogP) is 2.88. The Kier molecular flexibility index (Phi) is 4.89. The van der Waals surface area contributed by atoms with E-state index in [1.165, 1.54) is 0 Å². The maximum atomic E-state index is 11.3. The molecule has 0 aliphatic heterocycles. The molecule has 0 saturated heterocycles. The standard InChI is InChI=1S/C12H23NO/c1-6-9(3)10(11(13)14)8-12(4,5)7-2/h6,10H,7-8H2,1-5H3,(H2,13,14)/b9-6+. The minimum Gasteiger partial charge on any atom is -0.369 e. The van der Waals surface area contributed by atoms with Gasteiger partial charge in [-0.05, 0) is 25.7 Å². The molecule has 0 aromatic carbocycles. The van der Waals surface area contributed by atoms with Crippen LogP contribution in [0.4, 0.5) is 0 Å². The molecule has 0 aromatic rings. The highest BCUT2D eigenvalue weighted by Crippen LogP contribution is 2.31. The van der Waals surface area contributed by atoms with Crippen molar-refractivity contribution in [2.75, 3.05) is 0 Å². The highest BCUT2D eigenvalue weighted by molar-refractivity contribution is 5.79. The summed E-state index contributed by atoms with van der Waals surface area (Å²) in [5.41, 5.74) is 6.66. The molecule has 0 saturated carbocycles. The van der Waals surface area contributed by atoms with Gasteiger partial charge in [-0.25, -0.2) is 0 Å². The van der Waals surface area contributed by atoms with Crippen molar-refractivity contribution in [3.8, 4) is 0 Å². The fourth-order valence-electron chi connectivity index (χ4n) is 1.38. The van der Waals surface area contributed by atoms with Gasteiger partial charge >= 0.3 is 0 Å². The Morgan fingerprint density at radius 1 is 1.50 bits per heavy atom. The van der Waals surface area contributed by atoms with Crippen molar-refractivity contribution in [3.63, 3.8) is 0 Å². The molecule has 1 amide bonds. The second-order valence-corrected chi connectivity index (χ2v) is 4.71. The normalized spacial score (nSPS) is 15.4. The number of rotatable bonds is 5. The van der Waals surface area contributed by atoms with Crippen LogP contribution in [0.15, 0.2) is 11.6 Å². The highest BCUT2D eigenvalue weighted by Gasteiger charge is 2.25. The summed E-state index contributed by atoms with van der Waals surface area (Å²) in [4.78, 5) is 11.3. The van der Waals surface area contributed by atoms with Crippen molar-refractivity contribution >= 4 is 5.91 Å². The third-order valence-electron chi connectivity index (χ3n) is 3.06. The first kappa shape index (κ1) is 13.2. The molecule has 0 aliphatic rings. The van der Waals surface area contributed by atoms with Crippen LogP contribution in [0, 0.1) is 11.3 Å². The minimum absolute atomic E-state index is 0.102. The van der Waals surface area contributed by atoms with Crippen LogP contribution >= 0.6 is 0 Å². The molecular formula is C12H23NO. The van der Waals surface area contributed by atoms with Gasteiger partial charge in [0.2, 0.25) is 5.91 Å². The van der Waals surface area contributed by atoms with E-state index >= 15 is 0 Å². The summed E-state index contributed by atoms with van der Waals surface area (Å²) in [7, 11) is 0. The number of carbonyl (C=O) groups is 1. The van der Waals surface area contributed by atoms with Crippen LogP contribution in [0.2, 0.25) is 0 Å². The molecule has 2 nitrogen and oxygen atoms in total. The summed E-state index contributed by atoms with van der Waals surface area (Å²) in [6.07, 6.45) is 3.88. The molecule has 0 spiro atoms. The van der Waals surface area contributed by atoms with Crippen molar-refractivity contribution in [2.45, 2.75) is 47.5 Å². The summed E-state index contributed by atoms with van der Waals surface area (Å²) in [6.45, 7) is 10.4. The summed E-state index contributed by atoms with van der Waals surface area (Å²) in [6, 6.07) is 0. The van der Waals surface area contributed by atoms with Crippen molar-refractivity contribution < 1.29 is 4.79 Å². The van der Waals surface area contributed by atoms with Crippen molar-refractivity contribution in [2.24, 2.45) is 17.1 Å². The molecule has 2 heteroatoms. The number of hydrogen-bond donors (Lipinski definition) is 1. The van der Waals surface area contributed by atoms with Gasteiger partial charge in [-0.2, -0.15) is 0 Å². The van der Waals surface area contributed by atoms with Crippen molar-refractivity contribution in [1.29, 1.82) is 0 Å². The Morgan fingerprint density at radius 2 is 2.00 bits per heavy atom. The molecule has 0 heterocycles. The van der Waals surface area contributed by atoms with E-state index in [0.29, 0.717) is 0 Å². The van der Waals surface area contributed by atoms with Gasteiger partial charge in [-0.15, -0.1) is 0 Å².